The highest BCUT2D eigenvalue weighted by Gasteiger charge is 2.13. The second-order valence-corrected chi connectivity index (χ2v) is 5.99. The van der Waals surface area contributed by atoms with Gasteiger partial charge in [0.05, 0.1) is 7.11 Å². The van der Waals surface area contributed by atoms with Gasteiger partial charge in [0.15, 0.2) is 0 Å². The summed E-state index contributed by atoms with van der Waals surface area (Å²) in [5, 5.41) is 0. The molecule has 0 radical (unpaired) electrons. The van der Waals surface area contributed by atoms with E-state index in [1.165, 1.54) is 22.3 Å². The van der Waals surface area contributed by atoms with Crippen molar-refractivity contribution < 1.29 is 9.47 Å². The molecule has 0 saturated carbocycles. The van der Waals surface area contributed by atoms with Crippen LogP contribution in [0.15, 0.2) is 54.5 Å². The molecule has 0 aliphatic heterocycles. The molecule has 0 heterocycles. The lowest BCUT2D eigenvalue weighted by atomic mass is 9.93. The Morgan fingerprint density at radius 3 is 2.35 bits per heavy atom. The van der Waals surface area contributed by atoms with Crippen molar-refractivity contribution in [3.05, 3.63) is 65.6 Å². The van der Waals surface area contributed by atoms with Crippen LogP contribution in [0.1, 0.15) is 44.2 Å². The third kappa shape index (κ3) is 4.38. The van der Waals surface area contributed by atoms with E-state index < -0.39 is 0 Å². The molecule has 122 valence electrons. The van der Waals surface area contributed by atoms with Gasteiger partial charge in [0.25, 0.3) is 0 Å². The predicted octanol–water partition coefficient (Wildman–Crippen LogP) is 6.06. The van der Waals surface area contributed by atoms with Gasteiger partial charge >= 0.3 is 0 Å². The van der Waals surface area contributed by atoms with Gasteiger partial charge in [-0.05, 0) is 55.0 Å². The molecule has 1 unspecified atom stereocenters. The lowest BCUT2D eigenvalue weighted by Gasteiger charge is -2.17. The Balaban J connectivity index is 2.41. The molecule has 0 aromatic heterocycles. The first-order valence-corrected chi connectivity index (χ1v) is 8.13. The number of hydrogen-bond donors (Lipinski definition) is 0. The van der Waals surface area contributed by atoms with E-state index in [1.54, 1.807) is 13.4 Å². The van der Waals surface area contributed by atoms with Gasteiger partial charge in [0, 0.05) is 0 Å². The van der Waals surface area contributed by atoms with E-state index in [0.717, 1.165) is 17.9 Å². The maximum Gasteiger partial charge on any atom is 0.135 e. The Morgan fingerprint density at radius 2 is 1.74 bits per heavy atom. The zero-order valence-corrected chi connectivity index (χ0v) is 14.7. The van der Waals surface area contributed by atoms with E-state index in [-0.39, 0.29) is 0 Å². The summed E-state index contributed by atoms with van der Waals surface area (Å²) in [7, 11) is 1.63. The molecule has 0 N–H and O–H groups in total. The van der Waals surface area contributed by atoms with E-state index in [0.29, 0.717) is 5.92 Å². The van der Waals surface area contributed by atoms with Crippen molar-refractivity contribution >= 4 is 0 Å². The summed E-state index contributed by atoms with van der Waals surface area (Å²) < 4.78 is 11.0. The van der Waals surface area contributed by atoms with E-state index in [9.17, 15) is 0 Å². The monoisotopic (exact) mass is 310 g/mol. The summed E-state index contributed by atoms with van der Waals surface area (Å²) in [5.41, 5.74) is 4.96. The summed E-state index contributed by atoms with van der Waals surface area (Å²) in [6, 6.07) is 15.1. The van der Waals surface area contributed by atoms with Crippen LogP contribution in [-0.4, -0.2) is 7.11 Å². The number of aryl methyl sites for hydroxylation is 1. The molecule has 0 aliphatic rings. The summed E-state index contributed by atoms with van der Waals surface area (Å²) in [6.07, 6.45) is 2.69. The largest absolute Gasteiger partial charge is 0.501 e. The minimum Gasteiger partial charge on any atom is -0.501 e. The third-order valence-corrected chi connectivity index (χ3v) is 4.09. The Bertz CT molecular complexity index is 669. The van der Waals surface area contributed by atoms with Crippen LogP contribution in [0.25, 0.3) is 11.1 Å². The molecular weight excluding hydrogens is 284 g/mol. The van der Waals surface area contributed by atoms with Crippen molar-refractivity contribution in [3.8, 4) is 16.9 Å². The number of rotatable bonds is 6. The minimum atomic E-state index is 0.436. The molecule has 2 aromatic carbocycles. The lowest BCUT2D eigenvalue weighted by molar-refractivity contribution is 0.303. The number of methoxy groups -OCH3 is 1. The maximum atomic E-state index is 5.95. The topological polar surface area (TPSA) is 18.5 Å². The zero-order valence-electron chi connectivity index (χ0n) is 14.7. The minimum absolute atomic E-state index is 0.436. The molecule has 23 heavy (non-hydrogen) atoms. The van der Waals surface area contributed by atoms with Gasteiger partial charge in [-0.3, -0.25) is 0 Å². The van der Waals surface area contributed by atoms with Gasteiger partial charge in [-0.15, -0.1) is 0 Å². The van der Waals surface area contributed by atoms with Crippen LogP contribution in [0.3, 0.4) is 0 Å². The fourth-order valence-electron chi connectivity index (χ4n) is 2.54. The van der Waals surface area contributed by atoms with Gasteiger partial charge in [-0.1, -0.05) is 49.7 Å². The lowest BCUT2D eigenvalue weighted by Crippen LogP contribution is -2.00. The Labute approximate surface area is 139 Å². The van der Waals surface area contributed by atoms with Gasteiger partial charge < -0.3 is 9.47 Å². The van der Waals surface area contributed by atoms with Crippen LogP contribution in [0.2, 0.25) is 0 Å². The first-order valence-electron chi connectivity index (χ1n) is 8.13. The van der Waals surface area contributed by atoms with E-state index in [4.69, 9.17) is 9.47 Å². The molecule has 0 aliphatic carbocycles. The maximum absolute atomic E-state index is 5.95. The summed E-state index contributed by atoms with van der Waals surface area (Å²) in [5.74, 6) is 2.09. The highest BCUT2D eigenvalue weighted by Crippen LogP contribution is 2.34. The third-order valence-electron chi connectivity index (χ3n) is 4.09. The van der Waals surface area contributed by atoms with Crippen LogP contribution in [0.5, 0.6) is 5.75 Å². The van der Waals surface area contributed by atoms with Crippen LogP contribution in [0, 0.1) is 6.92 Å². The summed E-state index contributed by atoms with van der Waals surface area (Å²) in [4.78, 5) is 0. The van der Waals surface area contributed by atoms with Crippen molar-refractivity contribution in [2.45, 2.75) is 40.0 Å². The zero-order chi connectivity index (χ0) is 16.8. The molecule has 2 aromatic rings. The van der Waals surface area contributed by atoms with E-state index >= 15 is 0 Å². The van der Waals surface area contributed by atoms with Gasteiger partial charge in [-0.2, -0.15) is 0 Å². The molecule has 2 nitrogen and oxygen atoms in total. The van der Waals surface area contributed by atoms with Gasteiger partial charge in [-0.25, -0.2) is 0 Å². The fourth-order valence-corrected chi connectivity index (χ4v) is 2.54. The average Bonchev–Trinajstić information content (AvgIpc) is 2.55. The number of ether oxygens (including phenoxy) is 2. The average molecular weight is 310 g/mol. The van der Waals surface area contributed by atoms with Crippen molar-refractivity contribution in [2.75, 3.05) is 7.11 Å². The predicted molar refractivity (Wildman–Crippen MR) is 96.7 cm³/mol. The Morgan fingerprint density at radius 1 is 1.09 bits per heavy atom. The summed E-state index contributed by atoms with van der Waals surface area (Å²) >= 11 is 0. The van der Waals surface area contributed by atoms with Crippen molar-refractivity contribution in [3.63, 3.8) is 0 Å². The molecule has 0 spiro atoms. The fraction of sp³-hybridized carbons (Fsp3) is 0.333. The highest BCUT2D eigenvalue weighted by atomic mass is 16.5. The first kappa shape index (κ1) is 17.1. The SMILES string of the molecule is CCC(C)c1cc(-c2ccc(C)cc2)ccc1OC(C)=COC. The second-order valence-electron chi connectivity index (χ2n) is 5.99. The summed E-state index contributed by atoms with van der Waals surface area (Å²) in [6.45, 7) is 8.44. The Kier molecular flexibility index (Phi) is 5.86. The molecule has 2 heteroatoms. The normalized spacial score (nSPS) is 12.8. The molecular formula is C21H26O2. The smallest absolute Gasteiger partial charge is 0.135 e. The van der Waals surface area contributed by atoms with Crippen molar-refractivity contribution in [1.29, 1.82) is 0 Å². The van der Waals surface area contributed by atoms with Crippen molar-refractivity contribution in [1.82, 2.24) is 0 Å². The molecule has 0 saturated heterocycles. The van der Waals surface area contributed by atoms with Crippen LogP contribution in [-0.2, 0) is 4.74 Å². The quantitative estimate of drug-likeness (QED) is 0.603. The second kappa shape index (κ2) is 7.87. The molecule has 0 bridgehead atoms. The molecule has 0 fully saturated rings. The highest BCUT2D eigenvalue weighted by molar-refractivity contribution is 5.66. The molecule has 0 amide bonds. The van der Waals surface area contributed by atoms with E-state index in [2.05, 4.69) is 63.2 Å². The Hall–Kier alpha value is -2.22. The number of benzene rings is 2. The van der Waals surface area contributed by atoms with Gasteiger partial charge in [0.2, 0.25) is 0 Å². The van der Waals surface area contributed by atoms with Crippen LogP contribution in [0.4, 0.5) is 0 Å². The molecule has 2 rings (SSSR count). The van der Waals surface area contributed by atoms with Gasteiger partial charge in [0.1, 0.15) is 17.8 Å². The molecule has 1 atom stereocenters. The van der Waals surface area contributed by atoms with Crippen LogP contribution >= 0.6 is 0 Å². The first-order chi connectivity index (χ1) is 11.0. The van der Waals surface area contributed by atoms with Crippen molar-refractivity contribution in [2.24, 2.45) is 0 Å². The number of hydrogen-bond acceptors (Lipinski definition) is 2. The number of allylic oxidation sites excluding steroid dienone is 1. The van der Waals surface area contributed by atoms with E-state index in [1.807, 2.05) is 6.92 Å². The standard InChI is InChI=1S/C21H26O2/c1-6-16(3)20-13-19(18-9-7-15(2)8-10-18)11-12-21(20)23-17(4)14-22-5/h7-14,16H,6H2,1-5H3. The van der Waals surface area contributed by atoms with Crippen LogP contribution < -0.4 is 4.74 Å².